The van der Waals surface area contributed by atoms with E-state index in [0.29, 0.717) is 12.2 Å². The number of rotatable bonds is 1. The second-order valence-electron chi connectivity index (χ2n) is 4.10. The van der Waals surface area contributed by atoms with E-state index in [1.807, 2.05) is 32.0 Å². The summed E-state index contributed by atoms with van der Waals surface area (Å²) in [5.41, 5.74) is 1.66. The van der Waals surface area contributed by atoms with Crippen LogP contribution in [0.5, 0.6) is 0 Å². The lowest BCUT2D eigenvalue weighted by Gasteiger charge is -2.29. The van der Waals surface area contributed by atoms with Gasteiger partial charge in [0, 0.05) is 6.54 Å². The topological polar surface area (TPSA) is 49.4 Å². The predicted octanol–water partition coefficient (Wildman–Crippen LogP) is 1.69. The quantitative estimate of drug-likeness (QED) is 0.779. The molecule has 0 aromatic heterocycles. The molecule has 0 aliphatic carbocycles. The van der Waals surface area contributed by atoms with E-state index < -0.39 is 0 Å². The molecular formula is C12H14N2O2. The van der Waals surface area contributed by atoms with Crippen molar-refractivity contribution in [2.75, 3.05) is 11.4 Å². The number of anilines is 1. The van der Waals surface area contributed by atoms with E-state index in [9.17, 15) is 9.59 Å². The van der Waals surface area contributed by atoms with E-state index in [1.165, 1.54) is 4.90 Å². The van der Waals surface area contributed by atoms with Crippen molar-refractivity contribution < 1.29 is 9.59 Å². The Balaban J connectivity index is 2.37. The molecule has 4 heteroatoms. The Hall–Kier alpha value is -1.84. The number of urea groups is 1. The molecule has 1 saturated heterocycles. The lowest BCUT2D eigenvalue weighted by atomic mass is 10.1. The predicted molar refractivity (Wildman–Crippen MR) is 61.2 cm³/mol. The van der Waals surface area contributed by atoms with E-state index in [0.717, 1.165) is 5.56 Å². The number of benzene rings is 1. The number of nitrogens with zero attached hydrogens (tertiary/aromatic N) is 1. The molecule has 1 aliphatic rings. The molecule has 1 unspecified atom stereocenters. The van der Waals surface area contributed by atoms with E-state index in [2.05, 4.69) is 5.32 Å². The Morgan fingerprint density at radius 3 is 2.81 bits per heavy atom. The van der Waals surface area contributed by atoms with Crippen LogP contribution in [0.1, 0.15) is 12.5 Å². The molecule has 0 spiro atoms. The van der Waals surface area contributed by atoms with E-state index in [4.69, 9.17) is 0 Å². The Kier molecular flexibility index (Phi) is 2.64. The fourth-order valence-electron chi connectivity index (χ4n) is 1.74. The second-order valence-corrected chi connectivity index (χ2v) is 4.10. The largest absolute Gasteiger partial charge is 0.337 e. The highest BCUT2D eigenvalue weighted by molar-refractivity contribution is 6.16. The summed E-state index contributed by atoms with van der Waals surface area (Å²) in [6.07, 6.45) is 0. The molecule has 2 rings (SSSR count). The maximum absolute atomic E-state index is 11.9. The summed E-state index contributed by atoms with van der Waals surface area (Å²) >= 11 is 0. The van der Waals surface area contributed by atoms with Crippen LogP contribution in [-0.4, -0.2) is 18.5 Å². The third kappa shape index (κ3) is 1.78. The summed E-state index contributed by atoms with van der Waals surface area (Å²) < 4.78 is 0. The SMILES string of the molecule is Cc1cccc(N2C(=O)NCC(C)C2=O)c1. The van der Waals surface area contributed by atoms with E-state index in [-0.39, 0.29) is 17.9 Å². The van der Waals surface area contributed by atoms with Crippen molar-refractivity contribution in [3.05, 3.63) is 29.8 Å². The van der Waals surface area contributed by atoms with Crippen LogP contribution in [0.4, 0.5) is 10.5 Å². The van der Waals surface area contributed by atoms with E-state index >= 15 is 0 Å². The van der Waals surface area contributed by atoms with Crippen molar-refractivity contribution in [1.82, 2.24) is 5.32 Å². The molecule has 1 aromatic carbocycles. The molecule has 3 amide bonds. The van der Waals surface area contributed by atoms with Gasteiger partial charge in [-0.05, 0) is 24.6 Å². The zero-order valence-corrected chi connectivity index (χ0v) is 9.36. The summed E-state index contributed by atoms with van der Waals surface area (Å²) in [5.74, 6) is -0.312. The molecule has 1 aliphatic heterocycles. The van der Waals surface area contributed by atoms with Crippen LogP contribution in [0.2, 0.25) is 0 Å². The van der Waals surface area contributed by atoms with Gasteiger partial charge in [0.15, 0.2) is 0 Å². The Morgan fingerprint density at radius 2 is 2.12 bits per heavy atom. The molecule has 1 N–H and O–H groups in total. The van der Waals surface area contributed by atoms with Gasteiger partial charge in [0.2, 0.25) is 5.91 Å². The van der Waals surface area contributed by atoms with Crippen LogP contribution in [0.15, 0.2) is 24.3 Å². The summed E-state index contributed by atoms with van der Waals surface area (Å²) in [6.45, 7) is 4.16. The molecule has 84 valence electrons. The first-order chi connectivity index (χ1) is 7.59. The van der Waals surface area contributed by atoms with Gasteiger partial charge >= 0.3 is 6.03 Å². The van der Waals surface area contributed by atoms with Gasteiger partial charge < -0.3 is 5.32 Å². The van der Waals surface area contributed by atoms with Crippen LogP contribution >= 0.6 is 0 Å². The van der Waals surface area contributed by atoms with Gasteiger partial charge in [-0.15, -0.1) is 0 Å². The van der Waals surface area contributed by atoms with Gasteiger partial charge in [-0.3, -0.25) is 4.79 Å². The fraction of sp³-hybridized carbons (Fsp3) is 0.333. The molecule has 1 heterocycles. The molecule has 1 aromatic rings. The number of hydrogen-bond acceptors (Lipinski definition) is 2. The molecular weight excluding hydrogens is 204 g/mol. The van der Waals surface area contributed by atoms with Gasteiger partial charge in [-0.25, -0.2) is 9.69 Å². The van der Waals surface area contributed by atoms with Gasteiger partial charge in [-0.1, -0.05) is 19.1 Å². The summed E-state index contributed by atoms with van der Waals surface area (Å²) in [7, 11) is 0. The summed E-state index contributed by atoms with van der Waals surface area (Å²) in [4.78, 5) is 24.8. The van der Waals surface area contributed by atoms with Crippen LogP contribution in [0, 0.1) is 12.8 Å². The molecule has 16 heavy (non-hydrogen) atoms. The van der Waals surface area contributed by atoms with Crippen molar-refractivity contribution in [1.29, 1.82) is 0 Å². The van der Waals surface area contributed by atoms with Crippen LogP contribution in [0.3, 0.4) is 0 Å². The number of aryl methyl sites for hydroxylation is 1. The zero-order chi connectivity index (χ0) is 11.7. The zero-order valence-electron chi connectivity index (χ0n) is 9.36. The molecule has 1 fully saturated rings. The maximum atomic E-state index is 11.9. The minimum Gasteiger partial charge on any atom is -0.337 e. The highest BCUT2D eigenvalue weighted by atomic mass is 16.2. The molecule has 0 saturated carbocycles. The van der Waals surface area contributed by atoms with Crippen molar-refractivity contribution in [3.8, 4) is 0 Å². The average molecular weight is 218 g/mol. The van der Waals surface area contributed by atoms with Crippen molar-refractivity contribution in [2.45, 2.75) is 13.8 Å². The fourth-order valence-corrected chi connectivity index (χ4v) is 1.74. The molecule has 0 bridgehead atoms. The number of nitrogens with one attached hydrogen (secondary N) is 1. The monoisotopic (exact) mass is 218 g/mol. The lowest BCUT2D eigenvalue weighted by molar-refractivity contribution is -0.121. The minimum atomic E-state index is -0.339. The molecule has 4 nitrogen and oxygen atoms in total. The van der Waals surface area contributed by atoms with Crippen molar-refractivity contribution in [2.24, 2.45) is 5.92 Å². The van der Waals surface area contributed by atoms with Crippen LogP contribution in [0.25, 0.3) is 0 Å². The number of carbonyl (C=O) groups is 2. The summed E-state index contributed by atoms with van der Waals surface area (Å²) in [6, 6.07) is 7.02. The first kappa shape index (κ1) is 10.7. The normalized spacial score (nSPS) is 20.9. The number of imide groups is 1. The van der Waals surface area contributed by atoms with Crippen LogP contribution < -0.4 is 10.2 Å². The number of carbonyl (C=O) groups excluding carboxylic acids is 2. The van der Waals surface area contributed by atoms with Gasteiger partial charge in [0.05, 0.1) is 11.6 Å². The van der Waals surface area contributed by atoms with E-state index in [1.54, 1.807) is 6.07 Å². The van der Waals surface area contributed by atoms with Crippen LogP contribution in [-0.2, 0) is 4.79 Å². The van der Waals surface area contributed by atoms with Gasteiger partial charge in [0.25, 0.3) is 0 Å². The van der Waals surface area contributed by atoms with Gasteiger partial charge in [-0.2, -0.15) is 0 Å². The number of amides is 3. The Morgan fingerprint density at radius 1 is 1.38 bits per heavy atom. The van der Waals surface area contributed by atoms with Crippen molar-refractivity contribution in [3.63, 3.8) is 0 Å². The summed E-state index contributed by atoms with van der Waals surface area (Å²) in [5, 5.41) is 2.70. The highest BCUT2D eigenvalue weighted by Crippen LogP contribution is 2.20. The maximum Gasteiger partial charge on any atom is 0.328 e. The first-order valence-corrected chi connectivity index (χ1v) is 5.28. The minimum absolute atomic E-state index is 0.144. The number of hydrogen-bond donors (Lipinski definition) is 1. The average Bonchev–Trinajstić information content (AvgIpc) is 2.24. The third-order valence-electron chi connectivity index (χ3n) is 2.66. The highest BCUT2D eigenvalue weighted by Gasteiger charge is 2.32. The smallest absolute Gasteiger partial charge is 0.328 e. The Bertz CT molecular complexity index is 442. The second kappa shape index (κ2) is 3.96. The van der Waals surface area contributed by atoms with Crippen molar-refractivity contribution >= 4 is 17.6 Å². The third-order valence-corrected chi connectivity index (χ3v) is 2.66. The first-order valence-electron chi connectivity index (χ1n) is 5.28. The van der Waals surface area contributed by atoms with Gasteiger partial charge in [0.1, 0.15) is 0 Å². The lowest BCUT2D eigenvalue weighted by Crippen LogP contribution is -2.54. The molecule has 0 radical (unpaired) electrons. The Labute approximate surface area is 94.2 Å². The standard InChI is InChI=1S/C12H14N2O2/c1-8-4-3-5-10(6-8)14-11(15)9(2)7-13-12(14)16/h3-6,9H,7H2,1-2H3,(H,13,16). The molecule has 1 atom stereocenters.